The molecular weight excluding hydrogens is 424 g/mol. The van der Waals surface area contributed by atoms with Gasteiger partial charge in [0.15, 0.2) is 0 Å². The van der Waals surface area contributed by atoms with Crippen LogP contribution in [0.3, 0.4) is 0 Å². The zero-order valence-electron chi connectivity index (χ0n) is 19.0. The number of alkyl halides is 2. The van der Waals surface area contributed by atoms with E-state index in [1.165, 1.54) is 0 Å². The van der Waals surface area contributed by atoms with Crippen LogP contribution >= 0.6 is 0 Å². The summed E-state index contributed by atoms with van der Waals surface area (Å²) in [5.41, 5.74) is 5.83. The average Bonchev–Trinajstić information content (AvgIpc) is 3.26. The highest BCUT2D eigenvalue weighted by Crippen LogP contribution is 2.49. The molecule has 1 aromatic carbocycles. The standard InChI is InChI=1S/C25H25F2N5O/c1-5-13(2)20-6-14(3)18(11-28-20)17-7-15-10-29-21(31-24(33)19-9-25(19,26)27)8-16(15)23-22(17)30-12-32(23)4/h6-8,10-13,19H,5,9H2,1-4H3,(H,29,31,33)/t13-,19+/m0/s1. The maximum absolute atomic E-state index is 13.3. The van der Waals surface area contributed by atoms with Crippen molar-refractivity contribution < 1.29 is 13.6 Å². The quantitative estimate of drug-likeness (QED) is 0.431. The van der Waals surface area contributed by atoms with Crippen LogP contribution in [0.15, 0.2) is 36.9 Å². The molecule has 0 aliphatic heterocycles. The highest BCUT2D eigenvalue weighted by molar-refractivity contribution is 6.12. The molecule has 8 heteroatoms. The molecule has 0 bridgehead atoms. The van der Waals surface area contributed by atoms with Crippen LogP contribution in [0.25, 0.3) is 32.9 Å². The van der Waals surface area contributed by atoms with Crippen molar-refractivity contribution in [3.8, 4) is 11.1 Å². The highest BCUT2D eigenvalue weighted by Gasteiger charge is 2.61. The fourth-order valence-corrected chi connectivity index (χ4v) is 4.28. The second kappa shape index (κ2) is 7.57. The van der Waals surface area contributed by atoms with Crippen molar-refractivity contribution in [2.24, 2.45) is 13.0 Å². The van der Waals surface area contributed by atoms with Gasteiger partial charge in [-0.15, -0.1) is 0 Å². The van der Waals surface area contributed by atoms with Gasteiger partial charge in [0.25, 0.3) is 5.92 Å². The number of aromatic nitrogens is 4. The van der Waals surface area contributed by atoms with Gasteiger partial charge < -0.3 is 9.88 Å². The summed E-state index contributed by atoms with van der Waals surface area (Å²) >= 11 is 0. The Labute approximate surface area is 190 Å². The molecule has 3 heterocycles. The number of rotatable bonds is 5. The average molecular weight is 450 g/mol. The normalized spacial score (nSPS) is 17.9. The van der Waals surface area contributed by atoms with Gasteiger partial charge in [-0.3, -0.25) is 9.78 Å². The third kappa shape index (κ3) is 3.63. The van der Waals surface area contributed by atoms with Gasteiger partial charge in [-0.05, 0) is 43.0 Å². The molecule has 1 aliphatic carbocycles. The Morgan fingerprint density at radius 3 is 2.64 bits per heavy atom. The Balaban J connectivity index is 1.60. The minimum atomic E-state index is -2.92. The van der Waals surface area contributed by atoms with Crippen molar-refractivity contribution in [1.82, 2.24) is 19.5 Å². The van der Waals surface area contributed by atoms with Crippen LogP contribution < -0.4 is 5.32 Å². The molecule has 1 amide bonds. The van der Waals surface area contributed by atoms with Crippen molar-refractivity contribution in [3.05, 3.63) is 48.2 Å². The first kappa shape index (κ1) is 21.4. The first-order valence-corrected chi connectivity index (χ1v) is 11.1. The van der Waals surface area contributed by atoms with Gasteiger partial charge in [0.05, 0.1) is 17.4 Å². The lowest BCUT2D eigenvalue weighted by atomic mass is 9.95. The summed E-state index contributed by atoms with van der Waals surface area (Å²) in [6.45, 7) is 6.39. The molecule has 170 valence electrons. The number of fused-ring (bicyclic) bond motifs is 3. The van der Waals surface area contributed by atoms with Crippen LogP contribution in [0.4, 0.5) is 14.6 Å². The second-order valence-corrected chi connectivity index (χ2v) is 9.01. The molecule has 0 unspecified atom stereocenters. The van der Waals surface area contributed by atoms with E-state index in [1.54, 1.807) is 18.6 Å². The van der Waals surface area contributed by atoms with E-state index < -0.39 is 24.2 Å². The number of carbonyl (C=O) groups is 1. The Kier molecular flexibility index (Phi) is 4.92. The topological polar surface area (TPSA) is 72.7 Å². The number of amides is 1. The molecule has 5 rings (SSSR count). The molecule has 6 nitrogen and oxygen atoms in total. The molecule has 0 radical (unpaired) electrons. The van der Waals surface area contributed by atoms with E-state index in [1.807, 2.05) is 23.9 Å². The van der Waals surface area contributed by atoms with Crippen LogP contribution in [0.2, 0.25) is 0 Å². The summed E-state index contributed by atoms with van der Waals surface area (Å²) in [6.07, 6.45) is 5.92. The fourth-order valence-electron chi connectivity index (χ4n) is 4.28. The molecule has 1 fully saturated rings. The van der Waals surface area contributed by atoms with E-state index in [0.717, 1.165) is 50.6 Å². The monoisotopic (exact) mass is 449 g/mol. The minimum Gasteiger partial charge on any atom is -0.333 e. The molecule has 1 saturated carbocycles. The number of benzene rings is 1. The van der Waals surface area contributed by atoms with Gasteiger partial charge in [0, 0.05) is 53.5 Å². The Hall–Kier alpha value is -3.42. The summed E-state index contributed by atoms with van der Waals surface area (Å²) in [5, 5.41) is 4.23. The van der Waals surface area contributed by atoms with Crippen molar-refractivity contribution in [1.29, 1.82) is 0 Å². The number of anilines is 1. The van der Waals surface area contributed by atoms with Gasteiger partial charge in [-0.25, -0.2) is 18.7 Å². The van der Waals surface area contributed by atoms with Crippen molar-refractivity contribution >= 4 is 33.5 Å². The molecule has 0 saturated heterocycles. The number of nitrogens with one attached hydrogen (secondary N) is 1. The third-order valence-electron chi connectivity index (χ3n) is 6.62. The fraction of sp³-hybridized carbons (Fsp3) is 0.360. The lowest BCUT2D eigenvalue weighted by molar-refractivity contribution is -0.119. The molecule has 1 N–H and O–H groups in total. The van der Waals surface area contributed by atoms with Gasteiger partial charge >= 0.3 is 0 Å². The summed E-state index contributed by atoms with van der Waals surface area (Å²) in [6, 6.07) is 5.87. The van der Waals surface area contributed by atoms with Gasteiger partial charge in [0.2, 0.25) is 5.91 Å². The number of pyridine rings is 2. The molecule has 3 aromatic heterocycles. The first-order chi connectivity index (χ1) is 15.7. The number of halogens is 2. The lowest BCUT2D eigenvalue weighted by Crippen LogP contribution is -2.18. The van der Waals surface area contributed by atoms with E-state index in [9.17, 15) is 13.6 Å². The number of imidazole rings is 1. The van der Waals surface area contributed by atoms with Crippen LogP contribution in [-0.4, -0.2) is 31.3 Å². The molecular formula is C25H25F2N5O. The van der Waals surface area contributed by atoms with Gasteiger partial charge in [-0.1, -0.05) is 13.8 Å². The predicted octanol–water partition coefficient (Wildman–Crippen LogP) is 5.60. The van der Waals surface area contributed by atoms with Crippen LogP contribution in [0.1, 0.15) is 43.9 Å². The van der Waals surface area contributed by atoms with E-state index in [4.69, 9.17) is 4.98 Å². The van der Waals surface area contributed by atoms with Crippen molar-refractivity contribution in [3.63, 3.8) is 0 Å². The summed E-state index contributed by atoms with van der Waals surface area (Å²) in [4.78, 5) is 25.8. The third-order valence-corrected chi connectivity index (χ3v) is 6.62. The summed E-state index contributed by atoms with van der Waals surface area (Å²) in [7, 11) is 1.90. The van der Waals surface area contributed by atoms with E-state index in [2.05, 4.69) is 42.1 Å². The van der Waals surface area contributed by atoms with Crippen LogP contribution in [-0.2, 0) is 11.8 Å². The van der Waals surface area contributed by atoms with Crippen molar-refractivity contribution in [2.45, 2.75) is 45.5 Å². The predicted molar refractivity (Wildman–Crippen MR) is 124 cm³/mol. The zero-order chi connectivity index (χ0) is 23.5. The maximum Gasteiger partial charge on any atom is 0.260 e. The molecule has 2 atom stereocenters. The van der Waals surface area contributed by atoms with Gasteiger partial charge in [-0.2, -0.15) is 0 Å². The van der Waals surface area contributed by atoms with E-state index >= 15 is 0 Å². The van der Waals surface area contributed by atoms with Crippen molar-refractivity contribution in [2.75, 3.05) is 5.32 Å². The smallest absolute Gasteiger partial charge is 0.260 e. The molecule has 4 aromatic rings. The maximum atomic E-state index is 13.3. The Morgan fingerprint density at radius 2 is 1.97 bits per heavy atom. The molecule has 33 heavy (non-hydrogen) atoms. The van der Waals surface area contributed by atoms with E-state index in [-0.39, 0.29) is 5.82 Å². The Morgan fingerprint density at radius 1 is 1.21 bits per heavy atom. The Bertz CT molecular complexity index is 1410. The van der Waals surface area contributed by atoms with Gasteiger partial charge in [0.1, 0.15) is 11.7 Å². The number of hydrogen-bond acceptors (Lipinski definition) is 4. The largest absolute Gasteiger partial charge is 0.333 e. The summed E-state index contributed by atoms with van der Waals surface area (Å²) < 4.78 is 28.4. The zero-order valence-corrected chi connectivity index (χ0v) is 19.0. The number of hydrogen-bond donors (Lipinski definition) is 1. The number of nitrogens with zero attached hydrogens (tertiary/aromatic N) is 4. The number of carbonyl (C=O) groups excluding carboxylic acids is 1. The summed E-state index contributed by atoms with van der Waals surface area (Å²) in [5.74, 6) is -4.25. The first-order valence-electron chi connectivity index (χ1n) is 11.1. The number of aryl methyl sites for hydroxylation is 2. The molecule has 0 spiro atoms. The van der Waals surface area contributed by atoms with Crippen LogP contribution in [0, 0.1) is 12.8 Å². The minimum absolute atomic E-state index is 0.251. The SMILES string of the molecule is CC[C@H](C)c1cc(C)c(-c2cc3cnc(NC(=O)[C@H]4CC4(F)F)cc3c3c2ncn3C)cn1. The molecule has 1 aliphatic rings. The van der Waals surface area contributed by atoms with Crippen LogP contribution in [0.5, 0.6) is 0 Å². The highest BCUT2D eigenvalue weighted by atomic mass is 19.3. The second-order valence-electron chi connectivity index (χ2n) is 9.01. The lowest BCUT2D eigenvalue weighted by Gasteiger charge is -2.14. The van der Waals surface area contributed by atoms with E-state index in [0.29, 0.717) is 5.92 Å².